The molecule has 1 N–H and O–H groups in total. The lowest BCUT2D eigenvalue weighted by atomic mass is 10.1. The van der Waals surface area contributed by atoms with Crippen LogP contribution in [0.15, 0.2) is 46.9 Å². The first-order valence-electron chi connectivity index (χ1n) is 7.30. The first-order valence-corrected chi connectivity index (χ1v) is 8.09. The fourth-order valence-electron chi connectivity index (χ4n) is 2.66. The van der Waals surface area contributed by atoms with E-state index in [1.165, 1.54) is 12.1 Å². The van der Waals surface area contributed by atoms with E-state index in [4.69, 9.17) is 5.26 Å². The molecule has 1 saturated carbocycles. The molecule has 0 heterocycles. The molecular formula is C18H14BrFN2O. The number of nitrogens with zero attached hydrogens (tertiary/aromatic N) is 1. The molecule has 0 aromatic heterocycles. The minimum absolute atomic E-state index is 0.0502. The SMILES string of the molecule is N#Cc1ccc(CNC(=O)[C@H]2C[C@H]2c2cccc(Br)c2)c(F)c1. The predicted molar refractivity (Wildman–Crippen MR) is 88.0 cm³/mol. The summed E-state index contributed by atoms with van der Waals surface area (Å²) in [5, 5.41) is 11.5. The van der Waals surface area contributed by atoms with E-state index in [9.17, 15) is 9.18 Å². The average molecular weight is 373 g/mol. The van der Waals surface area contributed by atoms with Gasteiger partial charge in [-0.05, 0) is 42.2 Å². The molecule has 3 rings (SSSR count). The first-order chi connectivity index (χ1) is 11.1. The van der Waals surface area contributed by atoms with Crippen LogP contribution in [-0.4, -0.2) is 5.91 Å². The highest BCUT2D eigenvalue weighted by molar-refractivity contribution is 9.10. The van der Waals surface area contributed by atoms with Gasteiger partial charge in [0.15, 0.2) is 0 Å². The molecule has 1 amide bonds. The van der Waals surface area contributed by atoms with E-state index in [0.29, 0.717) is 5.56 Å². The molecule has 0 aliphatic heterocycles. The predicted octanol–water partition coefficient (Wildman–Crippen LogP) is 3.88. The van der Waals surface area contributed by atoms with Crippen molar-refractivity contribution in [3.63, 3.8) is 0 Å². The molecule has 2 aromatic carbocycles. The number of nitrogens with one attached hydrogen (secondary N) is 1. The summed E-state index contributed by atoms with van der Waals surface area (Å²) >= 11 is 3.43. The second-order valence-corrected chi connectivity index (χ2v) is 6.56. The van der Waals surface area contributed by atoms with Crippen molar-refractivity contribution in [1.82, 2.24) is 5.32 Å². The van der Waals surface area contributed by atoms with Crippen molar-refractivity contribution in [2.75, 3.05) is 0 Å². The van der Waals surface area contributed by atoms with Crippen LogP contribution in [0.25, 0.3) is 0 Å². The number of halogens is 2. The Kier molecular flexibility index (Phi) is 4.44. The normalized spacial score (nSPS) is 19.0. The van der Waals surface area contributed by atoms with Crippen LogP contribution in [0, 0.1) is 23.1 Å². The van der Waals surface area contributed by atoms with Crippen molar-refractivity contribution in [2.24, 2.45) is 5.92 Å². The van der Waals surface area contributed by atoms with Gasteiger partial charge in [-0.2, -0.15) is 5.26 Å². The highest BCUT2D eigenvalue weighted by Gasteiger charge is 2.43. The Labute approximate surface area is 142 Å². The smallest absolute Gasteiger partial charge is 0.224 e. The van der Waals surface area contributed by atoms with Gasteiger partial charge in [-0.3, -0.25) is 4.79 Å². The highest BCUT2D eigenvalue weighted by Crippen LogP contribution is 2.47. The van der Waals surface area contributed by atoms with Gasteiger partial charge in [0, 0.05) is 22.5 Å². The summed E-state index contributed by atoms with van der Waals surface area (Å²) in [5.41, 5.74) is 1.80. The van der Waals surface area contributed by atoms with Gasteiger partial charge in [-0.1, -0.05) is 34.1 Å². The first kappa shape index (κ1) is 15.7. The maximum absolute atomic E-state index is 13.8. The van der Waals surface area contributed by atoms with Gasteiger partial charge < -0.3 is 5.32 Å². The van der Waals surface area contributed by atoms with Gasteiger partial charge in [0.05, 0.1) is 11.6 Å². The molecule has 0 saturated heterocycles. The third-order valence-electron chi connectivity index (χ3n) is 4.04. The highest BCUT2D eigenvalue weighted by atomic mass is 79.9. The van der Waals surface area contributed by atoms with Crippen molar-refractivity contribution >= 4 is 21.8 Å². The van der Waals surface area contributed by atoms with E-state index in [2.05, 4.69) is 21.2 Å². The van der Waals surface area contributed by atoms with Crippen LogP contribution < -0.4 is 5.32 Å². The number of hydrogen-bond acceptors (Lipinski definition) is 2. The largest absolute Gasteiger partial charge is 0.352 e. The maximum Gasteiger partial charge on any atom is 0.224 e. The molecule has 0 spiro atoms. The molecule has 0 radical (unpaired) electrons. The van der Waals surface area contributed by atoms with E-state index >= 15 is 0 Å². The number of hydrogen-bond donors (Lipinski definition) is 1. The molecule has 2 aromatic rings. The van der Waals surface area contributed by atoms with Crippen molar-refractivity contribution in [3.8, 4) is 6.07 Å². The number of carbonyl (C=O) groups excluding carboxylic acids is 1. The minimum atomic E-state index is -0.469. The molecule has 2 atom stereocenters. The fourth-order valence-corrected chi connectivity index (χ4v) is 3.08. The van der Waals surface area contributed by atoms with Gasteiger partial charge in [0.2, 0.25) is 5.91 Å². The number of nitriles is 1. The molecule has 1 fully saturated rings. The van der Waals surface area contributed by atoms with Crippen LogP contribution >= 0.6 is 15.9 Å². The van der Waals surface area contributed by atoms with Crippen LogP contribution in [0.1, 0.15) is 29.0 Å². The fraction of sp³-hybridized carbons (Fsp3) is 0.222. The zero-order valence-electron chi connectivity index (χ0n) is 12.2. The van der Waals surface area contributed by atoms with E-state index in [1.54, 1.807) is 6.07 Å². The summed E-state index contributed by atoms with van der Waals surface area (Å²) in [6.45, 7) is 0.137. The van der Waals surface area contributed by atoms with Gasteiger partial charge in [-0.15, -0.1) is 0 Å². The van der Waals surface area contributed by atoms with E-state index in [1.807, 2.05) is 30.3 Å². The lowest BCUT2D eigenvalue weighted by Gasteiger charge is -2.07. The zero-order valence-corrected chi connectivity index (χ0v) is 13.8. The second-order valence-electron chi connectivity index (χ2n) is 5.64. The topological polar surface area (TPSA) is 52.9 Å². The summed E-state index contributed by atoms with van der Waals surface area (Å²) in [6.07, 6.45) is 0.818. The molecule has 23 heavy (non-hydrogen) atoms. The molecule has 0 unspecified atom stereocenters. The lowest BCUT2D eigenvalue weighted by Crippen LogP contribution is -2.25. The average Bonchev–Trinajstić information content (AvgIpc) is 3.34. The third kappa shape index (κ3) is 3.59. The third-order valence-corrected chi connectivity index (χ3v) is 4.53. The Morgan fingerprint density at radius 1 is 1.35 bits per heavy atom. The molecule has 3 nitrogen and oxygen atoms in total. The lowest BCUT2D eigenvalue weighted by molar-refractivity contribution is -0.122. The van der Waals surface area contributed by atoms with Gasteiger partial charge in [0.1, 0.15) is 5.82 Å². The minimum Gasteiger partial charge on any atom is -0.352 e. The van der Waals surface area contributed by atoms with E-state index in [0.717, 1.165) is 16.5 Å². The Hall–Kier alpha value is -2.19. The van der Waals surface area contributed by atoms with Crippen LogP contribution in [0.2, 0.25) is 0 Å². The monoisotopic (exact) mass is 372 g/mol. The van der Waals surface area contributed by atoms with Crippen LogP contribution in [-0.2, 0) is 11.3 Å². The molecule has 1 aliphatic carbocycles. The molecular weight excluding hydrogens is 359 g/mol. The van der Waals surface area contributed by atoms with E-state index < -0.39 is 5.82 Å². The second kappa shape index (κ2) is 6.51. The number of benzene rings is 2. The van der Waals surface area contributed by atoms with Crippen LogP contribution in [0.3, 0.4) is 0 Å². The van der Waals surface area contributed by atoms with Crippen LogP contribution in [0.5, 0.6) is 0 Å². The quantitative estimate of drug-likeness (QED) is 0.885. The molecule has 0 bridgehead atoms. The van der Waals surface area contributed by atoms with Crippen molar-refractivity contribution in [3.05, 3.63) is 69.4 Å². The Morgan fingerprint density at radius 3 is 2.87 bits per heavy atom. The van der Waals surface area contributed by atoms with Crippen molar-refractivity contribution in [1.29, 1.82) is 5.26 Å². The summed E-state index contributed by atoms with van der Waals surface area (Å²) in [6, 6.07) is 14.1. The zero-order chi connectivity index (χ0) is 16.4. The summed E-state index contributed by atoms with van der Waals surface area (Å²) in [5.74, 6) is -0.341. The van der Waals surface area contributed by atoms with Crippen molar-refractivity contribution < 1.29 is 9.18 Å². The summed E-state index contributed by atoms with van der Waals surface area (Å²) < 4.78 is 14.8. The van der Waals surface area contributed by atoms with Gasteiger partial charge >= 0.3 is 0 Å². The summed E-state index contributed by atoms with van der Waals surface area (Å²) in [4.78, 5) is 12.2. The van der Waals surface area contributed by atoms with Crippen molar-refractivity contribution in [2.45, 2.75) is 18.9 Å². The van der Waals surface area contributed by atoms with Gasteiger partial charge in [0.25, 0.3) is 0 Å². The Morgan fingerprint density at radius 2 is 2.17 bits per heavy atom. The Balaban J connectivity index is 1.58. The summed E-state index contributed by atoms with van der Waals surface area (Å²) in [7, 11) is 0. The Bertz CT molecular complexity index is 800. The van der Waals surface area contributed by atoms with Crippen LogP contribution in [0.4, 0.5) is 4.39 Å². The number of amides is 1. The van der Waals surface area contributed by atoms with E-state index in [-0.39, 0.29) is 29.9 Å². The number of rotatable bonds is 4. The molecule has 5 heteroatoms. The standard InChI is InChI=1S/C18H14BrFN2O/c19-14-3-1-2-12(7-14)15-8-16(15)18(23)22-10-13-5-4-11(9-21)6-17(13)20/h1-7,15-16H,8,10H2,(H,22,23)/t15-,16-/m0/s1. The molecule has 116 valence electrons. The van der Waals surface area contributed by atoms with Gasteiger partial charge in [-0.25, -0.2) is 4.39 Å². The maximum atomic E-state index is 13.8. The molecule has 1 aliphatic rings. The number of carbonyl (C=O) groups is 1.